The minimum absolute atomic E-state index is 0.0208. The van der Waals surface area contributed by atoms with Crippen LogP contribution in [0, 0.1) is 17.8 Å². The number of H-pyrrole nitrogens is 1. The maximum absolute atomic E-state index is 12.2. The van der Waals surface area contributed by atoms with E-state index in [1.165, 1.54) is 0 Å². The van der Waals surface area contributed by atoms with E-state index in [0.717, 1.165) is 17.4 Å². The second kappa shape index (κ2) is 6.12. The Balaban J connectivity index is 2.04. The molecule has 0 aliphatic heterocycles. The molecule has 1 aromatic heterocycles. The average Bonchev–Trinajstić information content (AvgIpc) is 2.81. The minimum atomic E-state index is -0.0208. The molecule has 1 heterocycles. The molecule has 0 atom stereocenters. The molecule has 0 saturated heterocycles. The highest BCUT2D eigenvalue weighted by atomic mass is 16.1. The van der Waals surface area contributed by atoms with E-state index in [1.807, 2.05) is 30.3 Å². The highest BCUT2D eigenvalue weighted by molar-refractivity contribution is 5.97. The first-order valence-electron chi connectivity index (χ1n) is 7.35. The van der Waals surface area contributed by atoms with Crippen molar-refractivity contribution in [3.8, 4) is 0 Å². The van der Waals surface area contributed by atoms with Crippen LogP contribution in [0.1, 0.15) is 38.2 Å². The van der Waals surface area contributed by atoms with Crippen molar-refractivity contribution >= 4 is 16.8 Å². The first-order valence-corrected chi connectivity index (χ1v) is 7.35. The van der Waals surface area contributed by atoms with Crippen molar-refractivity contribution in [2.24, 2.45) is 17.8 Å². The Bertz CT molecular complexity index is 542. The number of rotatable bonds is 5. The van der Waals surface area contributed by atoms with Gasteiger partial charge in [0.15, 0.2) is 0 Å². The number of nitrogens with one attached hydrogen (secondary N) is 2. The topological polar surface area (TPSA) is 44.9 Å². The summed E-state index contributed by atoms with van der Waals surface area (Å²) >= 11 is 0. The second-order valence-corrected chi connectivity index (χ2v) is 6.13. The Hall–Kier alpha value is -1.77. The SMILES string of the molecule is CC(C)C(CNC(=O)c1cc2ccccc2[nH]1)C(C)C. The molecule has 0 unspecified atom stereocenters. The maximum Gasteiger partial charge on any atom is 0.267 e. The van der Waals surface area contributed by atoms with Crippen molar-refractivity contribution in [1.82, 2.24) is 10.3 Å². The van der Waals surface area contributed by atoms with Gasteiger partial charge in [0.05, 0.1) is 0 Å². The van der Waals surface area contributed by atoms with E-state index in [4.69, 9.17) is 0 Å². The Morgan fingerprint density at radius 1 is 1.15 bits per heavy atom. The van der Waals surface area contributed by atoms with Crippen LogP contribution in [0.15, 0.2) is 30.3 Å². The summed E-state index contributed by atoms with van der Waals surface area (Å²) in [4.78, 5) is 15.4. The zero-order chi connectivity index (χ0) is 14.7. The average molecular weight is 272 g/mol. The van der Waals surface area contributed by atoms with E-state index in [9.17, 15) is 4.79 Å². The summed E-state index contributed by atoms with van der Waals surface area (Å²) in [6, 6.07) is 9.84. The second-order valence-electron chi connectivity index (χ2n) is 6.13. The fraction of sp³-hybridized carbons (Fsp3) is 0.471. The molecule has 2 aromatic rings. The van der Waals surface area contributed by atoms with Gasteiger partial charge in [-0.25, -0.2) is 0 Å². The number of aromatic amines is 1. The summed E-state index contributed by atoms with van der Waals surface area (Å²) < 4.78 is 0. The fourth-order valence-electron chi connectivity index (χ4n) is 2.74. The fourth-order valence-corrected chi connectivity index (χ4v) is 2.74. The van der Waals surface area contributed by atoms with Crippen molar-refractivity contribution in [3.05, 3.63) is 36.0 Å². The lowest BCUT2D eigenvalue weighted by atomic mass is 9.85. The van der Waals surface area contributed by atoms with Crippen molar-refractivity contribution in [2.75, 3.05) is 6.54 Å². The van der Waals surface area contributed by atoms with Crippen LogP contribution in [0.5, 0.6) is 0 Å². The largest absolute Gasteiger partial charge is 0.351 e. The van der Waals surface area contributed by atoms with Crippen LogP contribution in [0.4, 0.5) is 0 Å². The number of carbonyl (C=O) groups excluding carboxylic acids is 1. The van der Waals surface area contributed by atoms with Crippen LogP contribution in [0.3, 0.4) is 0 Å². The van der Waals surface area contributed by atoms with Gasteiger partial charge in [-0.1, -0.05) is 45.9 Å². The predicted molar refractivity (Wildman–Crippen MR) is 83.8 cm³/mol. The molecule has 108 valence electrons. The van der Waals surface area contributed by atoms with Gasteiger partial charge in [-0.3, -0.25) is 4.79 Å². The standard InChI is InChI=1S/C17H24N2O/c1-11(2)14(12(3)4)10-18-17(20)16-9-13-7-5-6-8-15(13)19-16/h5-9,11-12,14,19H,10H2,1-4H3,(H,18,20). The molecule has 0 radical (unpaired) electrons. The zero-order valence-electron chi connectivity index (χ0n) is 12.7. The molecular formula is C17H24N2O. The predicted octanol–water partition coefficient (Wildman–Crippen LogP) is 3.83. The number of aromatic nitrogens is 1. The third-order valence-electron chi connectivity index (χ3n) is 3.99. The van der Waals surface area contributed by atoms with Gasteiger partial charge in [0.1, 0.15) is 5.69 Å². The van der Waals surface area contributed by atoms with Crippen LogP contribution >= 0.6 is 0 Å². The van der Waals surface area contributed by atoms with Crippen LogP contribution in [0.25, 0.3) is 10.9 Å². The molecule has 1 amide bonds. The summed E-state index contributed by atoms with van der Waals surface area (Å²) in [6.45, 7) is 9.56. The lowest BCUT2D eigenvalue weighted by Crippen LogP contribution is -2.34. The monoisotopic (exact) mass is 272 g/mol. The highest BCUT2D eigenvalue weighted by Crippen LogP contribution is 2.20. The number of benzene rings is 1. The number of hydrogen-bond donors (Lipinski definition) is 2. The number of hydrogen-bond acceptors (Lipinski definition) is 1. The van der Waals surface area contributed by atoms with Crippen LogP contribution in [0.2, 0.25) is 0 Å². The van der Waals surface area contributed by atoms with Crippen LogP contribution < -0.4 is 5.32 Å². The molecule has 0 bridgehead atoms. The Kier molecular flexibility index (Phi) is 4.48. The summed E-state index contributed by atoms with van der Waals surface area (Å²) in [5.41, 5.74) is 1.64. The van der Waals surface area contributed by atoms with Gasteiger partial charge >= 0.3 is 0 Å². The molecule has 3 nitrogen and oxygen atoms in total. The van der Waals surface area contributed by atoms with Crippen molar-refractivity contribution in [3.63, 3.8) is 0 Å². The molecule has 0 fully saturated rings. The molecular weight excluding hydrogens is 248 g/mol. The smallest absolute Gasteiger partial charge is 0.267 e. The van der Waals surface area contributed by atoms with Crippen LogP contribution in [-0.2, 0) is 0 Å². The van der Waals surface area contributed by atoms with Gasteiger partial charge in [0.2, 0.25) is 0 Å². The highest BCUT2D eigenvalue weighted by Gasteiger charge is 2.19. The number of para-hydroxylation sites is 1. The van der Waals surface area contributed by atoms with Crippen molar-refractivity contribution < 1.29 is 4.79 Å². The molecule has 0 aliphatic rings. The number of carbonyl (C=O) groups is 1. The van der Waals surface area contributed by atoms with E-state index in [1.54, 1.807) is 0 Å². The van der Waals surface area contributed by atoms with Gasteiger partial charge < -0.3 is 10.3 Å². The molecule has 3 heteroatoms. The van der Waals surface area contributed by atoms with Crippen LogP contribution in [-0.4, -0.2) is 17.4 Å². The first kappa shape index (κ1) is 14.6. The Morgan fingerprint density at radius 2 is 1.80 bits per heavy atom. The molecule has 0 aliphatic carbocycles. The molecule has 0 spiro atoms. The van der Waals surface area contributed by atoms with Gasteiger partial charge in [0.25, 0.3) is 5.91 Å². The van der Waals surface area contributed by atoms with Gasteiger partial charge in [-0.2, -0.15) is 0 Å². The van der Waals surface area contributed by atoms with Crippen molar-refractivity contribution in [1.29, 1.82) is 0 Å². The van der Waals surface area contributed by atoms with E-state index in [2.05, 4.69) is 38.0 Å². The quantitative estimate of drug-likeness (QED) is 0.853. The molecule has 2 rings (SSSR count). The normalized spacial score (nSPS) is 11.8. The molecule has 1 aromatic carbocycles. The molecule has 2 N–H and O–H groups in total. The van der Waals surface area contributed by atoms with Crippen molar-refractivity contribution in [2.45, 2.75) is 27.7 Å². The minimum Gasteiger partial charge on any atom is -0.351 e. The van der Waals surface area contributed by atoms with E-state index >= 15 is 0 Å². The Labute approximate surface area is 120 Å². The van der Waals surface area contributed by atoms with Gasteiger partial charge in [-0.15, -0.1) is 0 Å². The van der Waals surface area contributed by atoms with E-state index < -0.39 is 0 Å². The summed E-state index contributed by atoms with van der Waals surface area (Å²) in [6.07, 6.45) is 0. The summed E-state index contributed by atoms with van der Waals surface area (Å²) in [5, 5.41) is 4.12. The van der Waals surface area contributed by atoms with E-state index in [-0.39, 0.29) is 5.91 Å². The third-order valence-corrected chi connectivity index (χ3v) is 3.99. The maximum atomic E-state index is 12.2. The summed E-state index contributed by atoms with van der Waals surface area (Å²) in [5.74, 6) is 1.62. The van der Waals surface area contributed by atoms with E-state index in [0.29, 0.717) is 23.4 Å². The first-order chi connectivity index (χ1) is 9.49. The molecule has 20 heavy (non-hydrogen) atoms. The summed E-state index contributed by atoms with van der Waals surface area (Å²) in [7, 11) is 0. The number of amides is 1. The third kappa shape index (κ3) is 3.21. The Morgan fingerprint density at radius 3 is 2.40 bits per heavy atom. The number of fused-ring (bicyclic) bond motifs is 1. The van der Waals surface area contributed by atoms with Gasteiger partial charge in [-0.05, 0) is 29.9 Å². The lowest BCUT2D eigenvalue weighted by Gasteiger charge is -2.24. The van der Waals surface area contributed by atoms with Gasteiger partial charge in [0, 0.05) is 17.4 Å². The molecule has 0 saturated carbocycles. The lowest BCUT2D eigenvalue weighted by molar-refractivity contribution is 0.0933. The zero-order valence-corrected chi connectivity index (χ0v) is 12.7.